The van der Waals surface area contributed by atoms with Gasteiger partial charge in [0.25, 0.3) is 0 Å². The molecule has 0 N–H and O–H groups in total. The third kappa shape index (κ3) is 15.2. The van der Waals surface area contributed by atoms with Crippen LogP contribution in [0.3, 0.4) is 0 Å². The summed E-state index contributed by atoms with van der Waals surface area (Å²) in [7, 11) is 11.0. The first-order valence-corrected chi connectivity index (χ1v) is 36.2. The molecule has 0 fully saturated rings. The molecule has 0 radical (unpaired) electrons. The summed E-state index contributed by atoms with van der Waals surface area (Å²) in [6, 6.07) is 18.1. The Morgan fingerprint density at radius 1 is 0.275 bits per heavy atom. The summed E-state index contributed by atoms with van der Waals surface area (Å²) < 4.78 is 266. The van der Waals surface area contributed by atoms with Gasteiger partial charge in [-0.1, -0.05) is 72.8 Å². The van der Waals surface area contributed by atoms with Crippen molar-refractivity contribution in [3.63, 3.8) is 0 Å². The van der Waals surface area contributed by atoms with E-state index in [9.17, 15) is 88.2 Å². The molecule has 0 saturated carbocycles. The van der Waals surface area contributed by atoms with Crippen molar-refractivity contribution in [2.45, 2.75) is 37.1 Å². The van der Waals surface area contributed by atoms with Crippen molar-refractivity contribution in [2.75, 3.05) is 0 Å². The van der Waals surface area contributed by atoms with Gasteiger partial charge >= 0.3 is 86.6 Å². The molecule has 27 heteroatoms. The van der Waals surface area contributed by atoms with Crippen molar-refractivity contribution >= 4 is 95.7 Å². The molecule has 0 atom stereocenters. The van der Waals surface area contributed by atoms with Gasteiger partial charge < -0.3 is 9.13 Å². The molecule has 0 saturated heterocycles. The number of rotatable bonds is 6. The van der Waals surface area contributed by atoms with E-state index in [-0.39, 0.29) is 0 Å². The first-order valence-electron chi connectivity index (χ1n) is 18.3. The van der Waals surface area contributed by atoms with Gasteiger partial charge in [0.1, 0.15) is 0 Å². The summed E-state index contributed by atoms with van der Waals surface area (Å²) in [5.41, 5.74) is -7.45. The zero-order chi connectivity index (χ0) is 52.4. The zero-order valence-corrected chi connectivity index (χ0v) is 41.0. The Balaban J connectivity index is 0.000000274. The number of benzene rings is 6. The predicted octanol–water partition coefficient (Wildman–Crippen LogP) is 15.1. The first kappa shape index (κ1) is 58.1. The number of hydrogen-bond acceptors (Lipinski definition) is 2. The van der Waals surface area contributed by atoms with Crippen LogP contribution in [0.4, 0.5) is 79.0 Å². The van der Waals surface area contributed by atoms with Gasteiger partial charge in [-0.2, -0.15) is 79.0 Å². The molecule has 0 aromatic heterocycles. The van der Waals surface area contributed by atoms with Crippen molar-refractivity contribution < 1.29 is 88.2 Å². The Morgan fingerprint density at radius 2 is 0.391 bits per heavy atom. The van der Waals surface area contributed by atoms with Crippen LogP contribution in [-0.2, 0) is 46.2 Å². The van der Waals surface area contributed by atoms with E-state index < -0.39 is 130 Å². The first-order chi connectivity index (χ1) is 31.3. The van der Waals surface area contributed by atoms with E-state index in [1.165, 1.54) is 0 Å². The van der Waals surface area contributed by atoms with Crippen molar-refractivity contribution in [1.82, 2.24) is 0 Å². The van der Waals surface area contributed by atoms with Crippen LogP contribution in [0.5, 0.6) is 0 Å². The SMILES string of the molecule is O=P(c1cccc(C(F)(F)F)c1)(c1cccc(C(F)(F)F)c1)c1cccc(C(F)(F)F)c1.O=P(c1cccc(C(F)(F)F)c1)(c1cccc(C(F)(F)F)c1)c1cccc(C(F)(F)F)c1.[Cl][Sn]([Cl])([Cl])[Cl]. The molecule has 0 bridgehead atoms. The quantitative estimate of drug-likeness (QED) is 0.0946. The molecule has 6 aromatic carbocycles. The van der Waals surface area contributed by atoms with E-state index in [1.54, 1.807) is 0 Å². The van der Waals surface area contributed by atoms with Crippen molar-refractivity contribution in [3.8, 4) is 0 Å². The van der Waals surface area contributed by atoms with Gasteiger partial charge in [-0.05, 0) is 72.8 Å². The van der Waals surface area contributed by atoms with Crippen LogP contribution in [0, 0.1) is 0 Å². The normalized spacial score (nSPS) is 13.2. The number of hydrogen-bond donors (Lipinski definition) is 0. The van der Waals surface area contributed by atoms with Crippen LogP contribution in [0.15, 0.2) is 146 Å². The standard InChI is InChI=1S/2C21H12F9OP.4ClH.Sn/c2*22-19(23,24)13-4-1-7-16(10-13)32(31,17-8-2-5-14(11-17)20(25,26)27)18-9-3-6-15(12-18)21(28,29)30;;;;;/h2*1-12H;4*1H;/q;;;;;;+4/p-4. The molecule has 0 aliphatic rings. The Labute approximate surface area is 397 Å². The fourth-order valence-corrected chi connectivity index (χ4v) is 11.7. The van der Waals surface area contributed by atoms with Crippen LogP contribution in [0.2, 0.25) is 0 Å². The average molecular weight is 1230 g/mol. The van der Waals surface area contributed by atoms with Crippen molar-refractivity contribution in [2.24, 2.45) is 0 Å². The van der Waals surface area contributed by atoms with Gasteiger partial charge in [0, 0.05) is 31.8 Å². The molecule has 0 aliphatic heterocycles. The molecule has 0 heterocycles. The fraction of sp³-hybridized carbons (Fsp3) is 0.143. The van der Waals surface area contributed by atoms with E-state index in [2.05, 4.69) is 0 Å². The van der Waals surface area contributed by atoms with Gasteiger partial charge in [0.15, 0.2) is 14.3 Å². The number of halogens is 22. The summed E-state index contributed by atoms with van der Waals surface area (Å²) in [4.78, 5) is 0. The third-order valence-corrected chi connectivity index (χ3v) is 15.3. The summed E-state index contributed by atoms with van der Waals surface area (Å²) in [5.74, 6) is 0. The molecule has 6 aromatic rings. The van der Waals surface area contributed by atoms with Gasteiger partial charge in [-0.15, -0.1) is 0 Å². The predicted molar refractivity (Wildman–Crippen MR) is 231 cm³/mol. The minimum atomic E-state index is -4.87. The fourth-order valence-electron chi connectivity index (χ4n) is 6.16. The molecule has 0 amide bonds. The zero-order valence-electron chi connectivity index (χ0n) is 33.4. The summed E-state index contributed by atoms with van der Waals surface area (Å²) in [6.07, 6.45) is -29.2. The molecule has 0 spiro atoms. The van der Waals surface area contributed by atoms with E-state index >= 15 is 0 Å². The summed E-state index contributed by atoms with van der Waals surface area (Å²) >= 11 is -3.29. The summed E-state index contributed by atoms with van der Waals surface area (Å²) in [5, 5.41) is -3.30. The Bertz CT molecular complexity index is 2370. The van der Waals surface area contributed by atoms with E-state index in [0.717, 1.165) is 72.8 Å². The maximum absolute atomic E-state index is 14.2. The van der Waals surface area contributed by atoms with Crippen LogP contribution in [-0.4, -0.2) is 13.9 Å². The van der Waals surface area contributed by atoms with Gasteiger partial charge in [-0.3, -0.25) is 0 Å². The van der Waals surface area contributed by atoms with E-state index in [4.69, 9.17) is 35.7 Å². The van der Waals surface area contributed by atoms with Gasteiger partial charge in [0.2, 0.25) is 0 Å². The van der Waals surface area contributed by atoms with Crippen LogP contribution < -0.4 is 31.8 Å². The van der Waals surface area contributed by atoms with Crippen LogP contribution in [0.1, 0.15) is 33.4 Å². The third-order valence-electron chi connectivity index (χ3n) is 9.22. The van der Waals surface area contributed by atoms with Gasteiger partial charge in [-0.25, -0.2) is 0 Å². The summed E-state index contributed by atoms with van der Waals surface area (Å²) in [6.45, 7) is 0. The van der Waals surface area contributed by atoms with Crippen molar-refractivity contribution in [1.29, 1.82) is 0 Å². The topological polar surface area (TPSA) is 34.1 Å². The molecule has 6 rings (SSSR count). The second-order valence-corrected chi connectivity index (χ2v) is 44.9. The molecule has 0 unspecified atom stereocenters. The maximum atomic E-state index is 14.2. The second kappa shape index (κ2) is 21.3. The Kier molecular flexibility index (Phi) is 17.9. The Morgan fingerprint density at radius 3 is 0.493 bits per heavy atom. The van der Waals surface area contributed by atoms with Crippen LogP contribution in [0.25, 0.3) is 0 Å². The van der Waals surface area contributed by atoms with Crippen LogP contribution >= 0.6 is 50.0 Å². The molecular formula is C42H24Cl4F18O2P2Sn. The Hall–Kier alpha value is -3.52. The molecule has 0 aliphatic carbocycles. The minimum absolute atomic E-state index is 0.474. The van der Waals surface area contributed by atoms with E-state index in [1.807, 2.05) is 0 Å². The number of alkyl halides is 18. The molecular weight excluding hydrogens is 1200 g/mol. The average Bonchev–Trinajstić information content (AvgIpc) is 3.24. The second-order valence-electron chi connectivity index (χ2n) is 13.9. The van der Waals surface area contributed by atoms with Gasteiger partial charge in [0.05, 0.1) is 33.4 Å². The molecule has 372 valence electrons. The van der Waals surface area contributed by atoms with E-state index in [0.29, 0.717) is 72.8 Å². The molecule has 69 heavy (non-hydrogen) atoms. The molecule has 2 nitrogen and oxygen atoms in total. The van der Waals surface area contributed by atoms with Crippen molar-refractivity contribution in [3.05, 3.63) is 179 Å². The monoisotopic (exact) mass is 1220 g/mol.